The van der Waals surface area contributed by atoms with Crippen molar-refractivity contribution in [3.63, 3.8) is 0 Å². The standard InChI is InChI=1S/C15H26F3N3O3S/c1-25(23,24)21(10-15(16,17)18)12-5-7-20(8-6-12)14(22)13-4-2-3-11(13)9-19/h11-13H,2-10,19H2,1H3/t11-,13-/m1/s1. The van der Waals surface area contributed by atoms with Crippen LogP contribution in [-0.2, 0) is 14.8 Å². The minimum atomic E-state index is -4.59. The maximum atomic E-state index is 12.7. The Morgan fingerprint density at radius 2 is 1.80 bits per heavy atom. The summed E-state index contributed by atoms with van der Waals surface area (Å²) in [5.74, 6) is 0.0684. The van der Waals surface area contributed by atoms with Crippen LogP contribution in [0.25, 0.3) is 0 Å². The molecule has 1 saturated carbocycles. The fourth-order valence-corrected chi connectivity index (χ4v) is 5.08. The van der Waals surface area contributed by atoms with Crippen LogP contribution in [0.3, 0.4) is 0 Å². The molecule has 0 radical (unpaired) electrons. The second kappa shape index (κ2) is 7.79. The van der Waals surface area contributed by atoms with Gasteiger partial charge in [-0.3, -0.25) is 4.79 Å². The van der Waals surface area contributed by atoms with E-state index in [4.69, 9.17) is 5.73 Å². The first-order valence-electron chi connectivity index (χ1n) is 8.55. The SMILES string of the molecule is CS(=O)(=O)N(CC(F)(F)F)C1CCN(C(=O)[C@@H]2CCC[C@@H]2CN)CC1. The van der Waals surface area contributed by atoms with Crippen molar-refractivity contribution in [2.24, 2.45) is 17.6 Å². The van der Waals surface area contributed by atoms with Crippen molar-refractivity contribution in [3.05, 3.63) is 0 Å². The van der Waals surface area contributed by atoms with Gasteiger partial charge in [0.25, 0.3) is 0 Å². The Labute approximate surface area is 146 Å². The van der Waals surface area contributed by atoms with E-state index in [0.29, 0.717) is 10.8 Å². The van der Waals surface area contributed by atoms with E-state index in [2.05, 4.69) is 0 Å². The Kier molecular flexibility index (Phi) is 6.37. The average Bonchev–Trinajstić information content (AvgIpc) is 2.99. The van der Waals surface area contributed by atoms with Crippen LogP contribution in [-0.4, -0.2) is 68.2 Å². The number of piperidine rings is 1. The first-order valence-corrected chi connectivity index (χ1v) is 10.4. The fourth-order valence-electron chi connectivity index (χ4n) is 3.95. The number of rotatable bonds is 5. The number of amides is 1. The fraction of sp³-hybridized carbons (Fsp3) is 0.933. The minimum Gasteiger partial charge on any atom is -0.342 e. The van der Waals surface area contributed by atoms with Gasteiger partial charge >= 0.3 is 6.18 Å². The molecular formula is C15H26F3N3O3S. The van der Waals surface area contributed by atoms with E-state index in [1.807, 2.05) is 0 Å². The zero-order chi connectivity index (χ0) is 18.8. The molecule has 2 aliphatic rings. The van der Waals surface area contributed by atoms with Crippen LogP contribution in [0.1, 0.15) is 32.1 Å². The lowest BCUT2D eigenvalue weighted by atomic mass is 9.93. The highest BCUT2D eigenvalue weighted by Crippen LogP contribution is 2.33. The molecule has 0 bridgehead atoms. The van der Waals surface area contributed by atoms with Gasteiger partial charge in [-0.15, -0.1) is 0 Å². The minimum absolute atomic E-state index is 0.00752. The van der Waals surface area contributed by atoms with Crippen molar-refractivity contribution >= 4 is 15.9 Å². The molecule has 2 atom stereocenters. The van der Waals surface area contributed by atoms with E-state index in [0.717, 1.165) is 25.5 Å². The molecule has 1 saturated heterocycles. The maximum absolute atomic E-state index is 12.7. The van der Waals surface area contributed by atoms with E-state index >= 15 is 0 Å². The van der Waals surface area contributed by atoms with Crippen LogP contribution in [0.5, 0.6) is 0 Å². The lowest BCUT2D eigenvalue weighted by molar-refractivity contribution is -0.144. The van der Waals surface area contributed by atoms with Gasteiger partial charge in [0.2, 0.25) is 15.9 Å². The summed E-state index contributed by atoms with van der Waals surface area (Å²) in [4.78, 5) is 14.3. The van der Waals surface area contributed by atoms with Crippen molar-refractivity contribution in [2.75, 3.05) is 32.4 Å². The number of nitrogens with zero attached hydrogens (tertiary/aromatic N) is 2. The first-order chi connectivity index (χ1) is 11.5. The van der Waals surface area contributed by atoms with Crippen LogP contribution in [0.4, 0.5) is 13.2 Å². The van der Waals surface area contributed by atoms with Gasteiger partial charge in [-0.1, -0.05) is 6.42 Å². The van der Waals surface area contributed by atoms with Gasteiger partial charge in [0.1, 0.15) is 6.54 Å². The third-order valence-corrected chi connectivity index (χ3v) is 6.50. The molecule has 2 N–H and O–H groups in total. The summed E-state index contributed by atoms with van der Waals surface area (Å²) >= 11 is 0. The Morgan fingerprint density at radius 3 is 2.28 bits per heavy atom. The van der Waals surface area contributed by atoms with Gasteiger partial charge in [0.05, 0.1) is 6.26 Å². The number of carbonyl (C=O) groups excluding carboxylic acids is 1. The van der Waals surface area contributed by atoms with E-state index in [9.17, 15) is 26.4 Å². The van der Waals surface area contributed by atoms with E-state index in [1.54, 1.807) is 4.90 Å². The largest absolute Gasteiger partial charge is 0.402 e. The smallest absolute Gasteiger partial charge is 0.342 e. The molecule has 1 aliphatic carbocycles. The molecule has 1 heterocycles. The van der Waals surface area contributed by atoms with Gasteiger partial charge in [0, 0.05) is 25.0 Å². The van der Waals surface area contributed by atoms with Crippen LogP contribution in [0.2, 0.25) is 0 Å². The van der Waals surface area contributed by atoms with Crippen molar-refractivity contribution in [1.82, 2.24) is 9.21 Å². The zero-order valence-electron chi connectivity index (χ0n) is 14.3. The number of hydrogen-bond donors (Lipinski definition) is 1. The Morgan fingerprint density at radius 1 is 1.20 bits per heavy atom. The predicted molar refractivity (Wildman–Crippen MR) is 87.1 cm³/mol. The summed E-state index contributed by atoms with van der Waals surface area (Å²) in [5.41, 5.74) is 5.71. The molecule has 25 heavy (non-hydrogen) atoms. The third-order valence-electron chi connectivity index (χ3n) is 5.22. The highest BCUT2D eigenvalue weighted by atomic mass is 32.2. The lowest BCUT2D eigenvalue weighted by Gasteiger charge is -2.38. The summed E-state index contributed by atoms with van der Waals surface area (Å²) in [6, 6.07) is -0.727. The van der Waals surface area contributed by atoms with E-state index < -0.39 is 28.8 Å². The molecular weight excluding hydrogens is 359 g/mol. The predicted octanol–water partition coefficient (Wildman–Crippen LogP) is 1.18. The number of likely N-dealkylation sites (tertiary alicyclic amines) is 1. The van der Waals surface area contributed by atoms with Crippen LogP contribution < -0.4 is 5.73 Å². The van der Waals surface area contributed by atoms with Gasteiger partial charge in [-0.25, -0.2) is 8.42 Å². The molecule has 10 heteroatoms. The molecule has 146 valence electrons. The number of alkyl halides is 3. The van der Waals surface area contributed by atoms with Gasteiger partial charge in [-0.2, -0.15) is 17.5 Å². The third kappa shape index (κ3) is 5.30. The molecule has 0 unspecified atom stereocenters. The van der Waals surface area contributed by atoms with E-state index in [-0.39, 0.29) is 43.7 Å². The van der Waals surface area contributed by atoms with Crippen molar-refractivity contribution in [2.45, 2.75) is 44.3 Å². The quantitative estimate of drug-likeness (QED) is 0.770. The number of hydrogen-bond acceptors (Lipinski definition) is 4. The summed E-state index contributed by atoms with van der Waals surface area (Å²) < 4.78 is 62.1. The molecule has 2 fully saturated rings. The normalized spacial score (nSPS) is 26.4. The second-order valence-corrected chi connectivity index (χ2v) is 8.95. The highest BCUT2D eigenvalue weighted by Gasteiger charge is 2.41. The molecule has 0 aromatic carbocycles. The monoisotopic (exact) mass is 385 g/mol. The molecule has 0 aromatic rings. The number of carbonyl (C=O) groups is 1. The van der Waals surface area contributed by atoms with Gasteiger partial charge in [0.15, 0.2) is 0 Å². The molecule has 1 amide bonds. The number of nitrogens with two attached hydrogens (primary N) is 1. The summed E-state index contributed by atoms with van der Waals surface area (Å²) in [6.45, 7) is -0.467. The molecule has 0 spiro atoms. The van der Waals surface area contributed by atoms with E-state index in [1.165, 1.54) is 0 Å². The molecule has 1 aliphatic heterocycles. The Bertz CT molecular complexity index is 574. The summed E-state index contributed by atoms with van der Waals surface area (Å²) in [7, 11) is -3.97. The highest BCUT2D eigenvalue weighted by molar-refractivity contribution is 7.88. The molecule has 2 rings (SSSR count). The van der Waals surface area contributed by atoms with Crippen LogP contribution in [0.15, 0.2) is 0 Å². The van der Waals surface area contributed by atoms with Crippen LogP contribution >= 0.6 is 0 Å². The van der Waals surface area contributed by atoms with Crippen molar-refractivity contribution < 1.29 is 26.4 Å². The summed E-state index contributed by atoms with van der Waals surface area (Å²) in [6.07, 6.45) is -0.679. The molecule has 0 aromatic heterocycles. The number of sulfonamides is 1. The number of halogens is 3. The van der Waals surface area contributed by atoms with Crippen LogP contribution in [0, 0.1) is 11.8 Å². The summed E-state index contributed by atoms with van der Waals surface area (Å²) in [5, 5.41) is 0. The maximum Gasteiger partial charge on any atom is 0.402 e. The zero-order valence-corrected chi connectivity index (χ0v) is 15.2. The molecule has 6 nitrogen and oxygen atoms in total. The van der Waals surface area contributed by atoms with Crippen molar-refractivity contribution in [1.29, 1.82) is 0 Å². The Hall–Kier alpha value is -0.870. The topological polar surface area (TPSA) is 83.7 Å². The van der Waals surface area contributed by atoms with Gasteiger partial charge in [-0.05, 0) is 38.1 Å². The van der Waals surface area contributed by atoms with Crippen molar-refractivity contribution in [3.8, 4) is 0 Å². The average molecular weight is 385 g/mol. The van der Waals surface area contributed by atoms with Gasteiger partial charge < -0.3 is 10.6 Å². The lowest BCUT2D eigenvalue weighted by Crippen LogP contribution is -2.52. The second-order valence-electron chi connectivity index (χ2n) is 7.01. The first kappa shape index (κ1) is 20.4. The Balaban J connectivity index is 1.98.